The second kappa shape index (κ2) is 24.8. The molecule has 31 nitrogen and oxygen atoms in total. The smallest absolute Gasteiger partial charge is 0.338 e. The van der Waals surface area contributed by atoms with E-state index < -0.39 is 125 Å². The Hall–Kier alpha value is -10.1. The molecule has 366 valence electrons. The van der Waals surface area contributed by atoms with Crippen LogP contribution in [0.4, 0.5) is 11.4 Å². The molecule has 0 saturated carbocycles. The second-order valence-electron chi connectivity index (χ2n) is 13.9. The third-order valence-corrected chi connectivity index (χ3v) is 8.77. The summed E-state index contributed by atoms with van der Waals surface area (Å²) in [4.78, 5) is 104. The molecule has 3 rings (SSSR count). The molecule has 6 amide bonds. The van der Waals surface area contributed by atoms with Gasteiger partial charge in [0, 0.05) is 18.7 Å². The van der Waals surface area contributed by atoms with E-state index in [9.17, 15) is 53.9 Å². The van der Waals surface area contributed by atoms with Crippen LogP contribution in [-0.4, -0.2) is 118 Å². The van der Waals surface area contributed by atoms with Gasteiger partial charge in [0.15, 0.2) is 48.5 Å². The minimum Gasteiger partial charge on any atom is -0.478 e. The Kier molecular flexibility index (Phi) is 19.2. The number of nitrogens with zero attached hydrogens (tertiary/aromatic N) is 2. The zero-order valence-corrected chi connectivity index (χ0v) is 35.7. The first-order valence-corrected chi connectivity index (χ1v) is 19.4. The summed E-state index contributed by atoms with van der Waals surface area (Å²) in [5.74, 6) is -13.3. The number of nitro groups is 1. The van der Waals surface area contributed by atoms with Gasteiger partial charge in [-0.3, -0.25) is 60.5 Å². The van der Waals surface area contributed by atoms with E-state index in [0.717, 1.165) is 23.1 Å². The lowest BCUT2D eigenvalue weighted by Crippen LogP contribution is -2.68. The van der Waals surface area contributed by atoms with Crippen LogP contribution in [-0.2, 0) is 28.8 Å². The van der Waals surface area contributed by atoms with Crippen LogP contribution in [0.1, 0.15) is 27.5 Å². The number of nitrogens with one attached hydrogen (secondary N) is 13. The Labute approximate surface area is 389 Å². The molecule has 31 heteroatoms. The van der Waals surface area contributed by atoms with Crippen molar-refractivity contribution in [3.05, 3.63) is 112 Å². The van der Waals surface area contributed by atoms with E-state index in [1.54, 1.807) is 36.4 Å². The van der Waals surface area contributed by atoms with Crippen molar-refractivity contribution in [1.82, 2.24) is 47.9 Å². The van der Waals surface area contributed by atoms with Crippen molar-refractivity contribution >= 4 is 82.7 Å². The Bertz CT molecular complexity index is 2490. The molecule has 6 unspecified atom stereocenters. The number of carboxylic acid groups (broad SMARTS) is 1. The number of anilines is 1. The van der Waals surface area contributed by atoms with Crippen molar-refractivity contribution in [2.45, 2.75) is 36.9 Å². The standard InChI is InChI=1S/C38H48N20O11/c39-23(59)24(53-35(40)41)49-29(61)26(55-37(44)45)51-31(63)27(56-38(46)47)52-30(62)25(54-36(42)43)50-28(60)22(18-11-5-2-6-12-18)48-32(64)33(65)57(15-7-10-17-8-3-1-4-9-17)21-14-13-19(58(68)69)16-20(21)34(66)67/h1-14,16,22,24-27,33,65H,15H2,(H2,39,59)(H,48,64)(H,49,61)(H,50,60)(H,51,63)(H,52,62)(H,66,67)(H4,40,41,53)(H4,42,43,54)(H4,44,45,55)(H4,46,47,56)/b10-7-. The lowest BCUT2D eigenvalue weighted by atomic mass is 10.1. The number of non-ortho nitro benzene ring substituents is 1. The second-order valence-corrected chi connectivity index (χ2v) is 13.9. The number of hydrogen-bond acceptors (Lipinski definition) is 15. The minimum atomic E-state index is -2.33. The number of amides is 6. The van der Waals surface area contributed by atoms with Crippen LogP contribution in [0.25, 0.3) is 6.08 Å². The first-order chi connectivity index (χ1) is 32.5. The zero-order chi connectivity index (χ0) is 51.5. The molecule has 69 heavy (non-hydrogen) atoms. The molecule has 0 bridgehead atoms. The van der Waals surface area contributed by atoms with Gasteiger partial charge in [0.2, 0.25) is 12.1 Å². The fraction of sp³-hybridized carbons (Fsp3) is 0.184. The highest BCUT2D eigenvalue weighted by Crippen LogP contribution is 2.28. The molecule has 0 saturated heterocycles. The van der Waals surface area contributed by atoms with Crippen LogP contribution in [0.15, 0.2) is 84.9 Å². The fourth-order valence-corrected chi connectivity index (χ4v) is 5.76. The molecule has 25 N–H and O–H groups in total. The maximum Gasteiger partial charge on any atom is 0.338 e. The Morgan fingerprint density at radius 1 is 0.609 bits per heavy atom. The molecule has 3 aromatic carbocycles. The van der Waals surface area contributed by atoms with E-state index in [2.05, 4.69) is 26.6 Å². The van der Waals surface area contributed by atoms with Crippen LogP contribution < -0.4 is 81.4 Å². The molecular weight excluding hydrogens is 913 g/mol. The largest absolute Gasteiger partial charge is 0.478 e. The summed E-state index contributed by atoms with van der Waals surface area (Å²) in [5, 5.41) is 82.3. The number of aromatic carboxylic acids is 1. The number of nitrogens with two attached hydrogens (primary N) is 5. The van der Waals surface area contributed by atoms with Gasteiger partial charge in [-0.05, 0) is 17.2 Å². The lowest BCUT2D eigenvalue weighted by Gasteiger charge is -2.31. The summed E-state index contributed by atoms with van der Waals surface area (Å²) < 4.78 is 0. The van der Waals surface area contributed by atoms with E-state index in [-0.39, 0.29) is 11.3 Å². The van der Waals surface area contributed by atoms with Gasteiger partial charge in [-0.25, -0.2) is 4.79 Å². The highest BCUT2D eigenvalue weighted by Gasteiger charge is 2.35. The number of carboxylic acids is 1. The van der Waals surface area contributed by atoms with Crippen molar-refractivity contribution < 1.29 is 48.7 Å². The Morgan fingerprint density at radius 2 is 1.04 bits per heavy atom. The number of aliphatic hydroxyl groups excluding tert-OH is 1. The van der Waals surface area contributed by atoms with Gasteiger partial charge in [-0.15, -0.1) is 0 Å². The van der Waals surface area contributed by atoms with Gasteiger partial charge in [0.05, 0.1) is 16.2 Å². The molecule has 0 aliphatic rings. The topological polar surface area (TPSA) is 540 Å². The summed E-state index contributed by atoms with van der Waals surface area (Å²) in [7, 11) is 0. The number of primary amides is 1. The lowest BCUT2D eigenvalue weighted by molar-refractivity contribution is -0.384. The number of nitro benzene ring substituents is 1. The Morgan fingerprint density at radius 3 is 1.48 bits per heavy atom. The SMILES string of the molecule is N=C(N)NC(NC(=O)C(NC(=N)N)NC(=O)C(NC(=N)N)NC(=O)C(NC(=N)N)NC(=O)C(NC(=O)C(O)N(C/C=C\c1ccccc1)c1ccc([N+](=O)[O-])cc1C(=O)O)c1ccccc1)C(N)=O. The summed E-state index contributed by atoms with van der Waals surface area (Å²) in [6.45, 7) is -0.390. The van der Waals surface area contributed by atoms with Crippen LogP contribution in [0.5, 0.6) is 0 Å². The van der Waals surface area contributed by atoms with Gasteiger partial charge < -0.3 is 91.6 Å². The molecule has 0 heterocycles. The van der Waals surface area contributed by atoms with Crippen molar-refractivity contribution in [1.29, 1.82) is 21.6 Å². The van der Waals surface area contributed by atoms with E-state index in [4.69, 9.17) is 50.3 Å². The van der Waals surface area contributed by atoms with E-state index in [1.807, 2.05) is 21.3 Å². The molecule has 0 spiro atoms. The number of guanidine groups is 4. The van der Waals surface area contributed by atoms with Crippen LogP contribution in [0.2, 0.25) is 0 Å². The summed E-state index contributed by atoms with van der Waals surface area (Å²) in [6.07, 6.45) is -7.46. The minimum absolute atomic E-state index is 0.0180. The maximum atomic E-state index is 14.1. The fourth-order valence-electron chi connectivity index (χ4n) is 5.76. The highest BCUT2D eigenvalue weighted by molar-refractivity contribution is 6.00. The van der Waals surface area contributed by atoms with Crippen molar-refractivity contribution in [2.75, 3.05) is 11.4 Å². The predicted molar refractivity (Wildman–Crippen MR) is 243 cm³/mol. The van der Waals surface area contributed by atoms with Crippen molar-refractivity contribution in [3.63, 3.8) is 0 Å². The molecule has 0 aliphatic carbocycles. The van der Waals surface area contributed by atoms with E-state index in [0.29, 0.717) is 5.56 Å². The molecule has 6 atom stereocenters. The zero-order valence-electron chi connectivity index (χ0n) is 35.7. The number of benzene rings is 3. The van der Waals surface area contributed by atoms with Crippen LogP contribution in [0, 0.1) is 31.8 Å². The number of carbonyl (C=O) groups excluding carboxylic acids is 6. The highest BCUT2D eigenvalue weighted by atomic mass is 16.6. The molecule has 0 fully saturated rings. The summed E-state index contributed by atoms with van der Waals surface area (Å²) in [6, 6.07) is 16.6. The molecule has 3 aromatic rings. The predicted octanol–water partition coefficient (Wildman–Crippen LogP) is -5.82. The molecule has 0 aliphatic heterocycles. The van der Waals surface area contributed by atoms with Crippen LogP contribution in [0.3, 0.4) is 0 Å². The van der Waals surface area contributed by atoms with E-state index >= 15 is 0 Å². The average molecular weight is 961 g/mol. The third kappa shape index (κ3) is 16.5. The van der Waals surface area contributed by atoms with E-state index in [1.165, 1.54) is 36.4 Å². The monoisotopic (exact) mass is 960 g/mol. The summed E-state index contributed by atoms with van der Waals surface area (Å²) in [5.41, 5.74) is 25.7. The number of rotatable bonds is 23. The van der Waals surface area contributed by atoms with Crippen LogP contribution >= 0.6 is 0 Å². The Balaban J connectivity index is 1.98. The molecular formula is C38H48N20O11. The van der Waals surface area contributed by atoms with Gasteiger partial charge in [0.1, 0.15) is 6.04 Å². The first kappa shape index (κ1) is 53.3. The first-order valence-electron chi connectivity index (χ1n) is 19.4. The number of aliphatic hydroxyl groups is 1. The van der Waals surface area contributed by atoms with Gasteiger partial charge in [-0.1, -0.05) is 72.8 Å². The van der Waals surface area contributed by atoms with Gasteiger partial charge in [-0.2, -0.15) is 0 Å². The summed E-state index contributed by atoms with van der Waals surface area (Å²) >= 11 is 0. The van der Waals surface area contributed by atoms with Gasteiger partial charge in [0.25, 0.3) is 35.2 Å². The average Bonchev–Trinajstić information content (AvgIpc) is 3.28. The number of hydrogen-bond donors (Lipinski definition) is 20. The quantitative estimate of drug-likeness (QED) is 0.0138. The number of carbonyl (C=O) groups is 7. The molecule has 0 aromatic heterocycles. The maximum absolute atomic E-state index is 14.1. The van der Waals surface area contributed by atoms with Crippen molar-refractivity contribution in [2.24, 2.45) is 28.7 Å². The molecule has 0 radical (unpaired) electrons. The van der Waals surface area contributed by atoms with Gasteiger partial charge >= 0.3 is 5.97 Å². The van der Waals surface area contributed by atoms with Crippen molar-refractivity contribution in [3.8, 4) is 0 Å². The normalized spacial score (nSPS) is 13.2. The third-order valence-electron chi connectivity index (χ3n) is 8.77.